The van der Waals surface area contributed by atoms with E-state index >= 15 is 0 Å². The molecular weight excluding hydrogens is 365 g/mol. The number of benzene rings is 2. The van der Waals surface area contributed by atoms with Crippen molar-refractivity contribution < 1.29 is 19.1 Å². The fourth-order valence-corrected chi connectivity index (χ4v) is 2.46. The maximum Gasteiger partial charge on any atom is 0.325 e. The van der Waals surface area contributed by atoms with Gasteiger partial charge in [-0.2, -0.15) is 0 Å². The van der Waals surface area contributed by atoms with Gasteiger partial charge in [-0.05, 0) is 37.3 Å². The Morgan fingerprint density at radius 3 is 2.36 bits per heavy atom. The molecule has 7 heteroatoms. The Morgan fingerprint density at radius 2 is 1.72 bits per heavy atom. The lowest BCUT2D eigenvalue weighted by Gasteiger charge is -2.07. The lowest BCUT2D eigenvalue weighted by Crippen LogP contribution is -2.31. The number of hydrogen-bond donors (Lipinski definition) is 1. The maximum absolute atomic E-state index is 12.0. The quantitative estimate of drug-likeness (QED) is 0.616. The maximum atomic E-state index is 12.0. The highest BCUT2D eigenvalue weighted by atomic mass is 35.5. The summed E-state index contributed by atoms with van der Waals surface area (Å²) in [5.74, 6) is -1.58. The second-order valence-corrected chi connectivity index (χ2v) is 6.10. The van der Waals surface area contributed by atoms with Crippen LogP contribution in [0.3, 0.4) is 0 Å². The first kappa shape index (κ1) is 19.0. The SMILES string of the molecule is Cc1ccc(C(=O)NCC(=O)OCC(=O)c2ccc(Cl)cc2Cl)cc1. The van der Waals surface area contributed by atoms with Gasteiger partial charge in [-0.1, -0.05) is 40.9 Å². The summed E-state index contributed by atoms with van der Waals surface area (Å²) in [6.07, 6.45) is 0. The molecule has 0 fully saturated rings. The molecule has 0 aliphatic rings. The van der Waals surface area contributed by atoms with E-state index in [9.17, 15) is 14.4 Å². The molecule has 0 saturated heterocycles. The van der Waals surface area contributed by atoms with Crippen molar-refractivity contribution in [3.8, 4) is 0 Å². The standard InChI is InChI=1S/C18H15Cl2NO4/c1-11-2-4-12(5-3-11)18(24)21-9-17(23)25-10-16(22)14-7-6-13(19)8-15(14)20/h2-8H,9-10H2,1H3,(H,21,24). The van der Waals surface area contributed by atoms with Crippen molar-refractivity contribution in [3.63, 3.8) is 0 Å². The first-order valence-corrected chi connectivity index (χ1v) is 8.11. The van der Waals surface area contributed by atoms with E-state index in [0.29, 0.717) is 10.6 Å². The molecule has 0 aliphatic heterocycles. The van der Waals surface area contributed by atoms with Gasteiger partial charge in [-0.3, -0.25) is 14.4 Å². The van der Waals surface area contributed by atoms with Gasteiger partial charge in [0.2, 0.25) is 5.78 Å². The van der Waals surface area contributed by atoms with Crippen LogP contribution in [0.2, 0.25) is 10.0 Å². The predicted octanol–water partition coefficient (Wildman–Crippen LogP) is 3.46. The van der Waals surface area contributed by atoms with Crippen LogP contribution in [0, 0.1) is 6.92 Å². The van der Waals surface area contributed by atoms with E-state index in [-0.39, 0.29) is 17.1 Å². The Hall–Kier alpha value is -2.37. The smallest absolute Gasteiger partial charge is 0.325 e. The van der Waals surface area contributed by atoms with Crippen LogP contribution in [-0.2, 0) is 9.53 Å². The molecule has 0 saturated carbocycles. The second kappa shape index (κ2) is 8.65. The molecule has 25 heavy (non-hydrogen) atoms. The van der Waals surface area contributed by atoms with Gasteiger partial charge in [-0.25, -0.2) is 0 Å². The number of nitrogens with one attached hydrogen (secondary N) is 1. The Labute approximate surface area is 154 Å². The van der Waals surface area contributed by atoms with E-state index in [0.717, 1.165) is 5.56 Å². The van der Waals surface area contributed by atoms with E-state index in [2.05, 4.69) is 5.32 Å². The average Bonchev–Trinajstić information content (AvgIpc) is 2.58. The van der Waals surface area contributed by atoms with Crippen molar-refractivity contribution in [1.29, 1.82) is 0 Å². The minimum absolute atomic E-state index is 0.182. The fraction of sp³-hybridized carbons (Fsp3) is 0.167. The molecule has 2 aromatic rings. The fourth-order valence-electron chi connectivity index (χ4n) is 1.95. The predicted molar refractivity (Wildman–Crippen MR) is 95.3 cm³/mol. The van der Waals surface area contributed by atoms with Gasteiger partial charge in [0, 0.05) is 16.1 Å². The summed E-state index contributed by atoms with van der Waals surface area (Å²) in [6.45, 7) is 1.10. The van der Waals surface area contributed by atoms with Gasteiger partial charge in [-0.15, -0.1) is 0 Å². The molecule has 0 aliphatic carbocycles. The van der Waals surface area contributed by atoms with Crippen LogP contribution in [0.1, 0.15) is 26.3 Å². The monoisotopic (exact) mass is 379 g/mol. The van der Waals surface area contributed by atoms with E-state index in [1.807, 2.05) is 6.92 Å². The molecule has 0 radical (unpaired) electrons. The van der Waals surface area contributed by atoms with Crippen LogP contribution >= 0.6 is 23.2 Å². The largest absolute Gasteiger partial charge is 0.456 e. The van der Waals surface area contributed by atoms with E-state index < -0.39 is 24.3 Å². The molecule has 2 rings (SSSR count). The Morgan fingerprint density at radius 1 is 1.04 bits per heavy atom. The van der Waals surface area contributed by atoms with Gasteiger partial charge in [0.05, 0.1) is 5.02 Å². The molecule has 1 amide bonds. The van der Waals surface area contributed by atoms with E-state index in [1.165, 1.54) is 18.2 Å². The van der Waals surface area contributed by atoms with Crippen LogP contribution in [0.4, 0.5) is 0 Å². The van der Waals surface area contributed by atoms with Crippen LogP contribution < -0.4 is 5.32 Å². The van der Waals surface area contributed by atoms with Crippen molar-refractivity contribution in [2.45, 2.75) is 6.92 Å². The zero-order valence-electron chi connectivity index (χ0n) is 13.3. The normalized spacial score (nSPS) is 10.2. The number of aryl methyl sites for hydroxylation is 1. The number of amides is 1. The number of rotatable bonds is 6. The van der Waals surface area contributed by atoms with Gasteiger partial charge < -0.3 is 10.1 Å². The number of ether oxygens (including phenoxy) is 1. The average molecular weight is 380 g/mol. The summed E-state index contributed by atoms with van der Waals surface area (Å²) >= 11 is 11.7. The topological polar surface area (TPSA) is 72.5 Å². The van der Waals surface area contributed by atoms with Crippen molar-refractivity contribution >= 4 is 40.9 Å². The zero-order valence-corrected chi connectivity index (χ0v) is 14.9. The number of esters is 1. The number of halogens is 2. The van der Waals surface area contributed by atoms with Crippen molar-refractivity contribution in [1.82, 2.24) is 5.32 Å². The van der Waals surface area contributed by atoms with Gasteiger partial charge in [0.15, 0.2) is 6.61 Å². The Bertz CT molecular complexity index is 803. The Kier molecular flexibility index (Phi) is 6.56. The molecule has 0 unspecified atom stereocenters. The molecule has 2 aromatic carbocycles. The minimum Gasteiger partial charge on any atom is -0.456 e. The van der Waals surface area contributed by atoms with Crippen LogP contribution in [-0.4, -0.2) is 30.8 Å². The molecule has 0 atom stereocenters. The summed E-state index contributed by atoms with van der Waals surface area (Å²) in [7, 11) is 0. The molecule has 130 valence electrons. The molecular formula is C18H15Cl2NO4. The first-order valence-electron chi connectivity index (χ1n) is 7.35. The lowest BCUT2D eigenvalue weighted by molar-refractivity contribution is -0.141. The molecule has 5 nitrogen and oxygen atoms in total. The third kappa shape index (κ3) is 5.59. The third-order valence-corrected chi connectivity index (χ3v) is 3.85. The van der Waals surface area contributed by atoms with Gasteiger partial charge >= 0.3 is 5.97 Å². The van der Waals surface area contributed by atoms with Crippen molar-refractivity contribution in [2.75, 3.05) is 13.2 Å². The van der Waals surface area contributed by atoms with E-state index in [4.69, 9.17) is 27.9 Å². The number of carbonyl (C=O) groups excluding carboxylic acids is 3. The highest BCUT2D eigenvalue weighted by molar-refractivity contribution is 6.36. The number of ketones is 1. The van der Waals surface area contributed by atoms with Crippen LogP contribution in [0.5, 0.6) is 0 Å². The summed E-state index contributed by atoms with van der Waals surface area (Å²) in [4.78, 5) is 35.5. The number of hydrogen-bond acceptors (Lipinski definition) is 4. The molecule has 0 heterocycles. The number of carbonyl (C=O) groups is 3. The highest BCUT2D eigenvalue weighted by Crippen LogP contribution is 2.21. The number of Topliss-reactive ketones (excluding diaryl/α,β-unsaturated/α-hetero) is 1. The lowest BCUT2D eigenvalue weighted by atomic mass is 10.1. The minimum atomic E-state index is -0.723. The second-order valence-electron chi connectivity index (χ2n) is 5.26. The summed E-state index contributed by atoms with van der Waals surface area (Å²) in [6, 6.07) is 11.3. The zero-order chi connectivity index (χ0) is 18.4. The van der Waals surface area contributed by atoms with E-state index in [1.54, 1.807) is 24.3 Å². The van der Waals surface area contributed by atoms with Crippen LogP contribution in [0.15, 0.2) is 42.5 Å². The molecule has 0 bridgehead atoms. The molecule has 0 aromatic heterocycles. The Balaban J connectivity index is 1.81. The first-order chi connectivity index (χ1) is 11.9. The highest BCUT2D eigenvalue weighted by Gasteiger charge is 2.14. The molecule has 1 N–H and O–H groups in total. The van der Waals surface area contributed by atoms with Crippen molar-refractivity contribution in [2.24, 2.45) is 0 Å². The summed E-state index contributed by atoms with van der Waals surface area (Å²) in [5, 5.41) is 3.01. The van der Waals surface area contributed by atoms with Gasteiger partial charge in [0.25, 0.3) is 5.91 Å². The molecule has 0 spiro atoms. The van der Waals surface area contributed by atoms with Crippen molar-refractivity contribution in [3.05, 3.63) is 69.2 Å². The summed E-state index contributed by atoms with van der Waals surface area (Å²) in [5.41, 5.74) is 1.67. The summed E-state index contributed by atoms with van der Waals surface area (Å²) < 4.78 is 4.85. The van der Waals surface area contributed by atoms with Gasteiger partial charge in [0.1, 0.15) is 6.54 Å². The van der Waals surface area contributed by atoms with Crippen LogP contribution in [0.25, 0.3) is 0 Å². The third-order valence-electron chi connectivity index (χ3n) is 3.30.